The number of sulfone groups is 1. The van der Waals surface area contributed by atoms with E-state index in [1.165, 1.54) is 24.1 Å². The van der Waals surface area contributed by atoms with Crippen LogP contribution in [0.15, 0.2) is 23.1 Å². The Bertz CT molecular complexity index is 656. The van der Waals surface area contributed by atoms with Gasteiger partial charge in [0.25, 0.3) is 5.69 Å². The number of hydrogen-bond donors (Lipinski definition) is 0. The molecule has 116 valence electrons. The van der Waals surface area contributed by atoms with Crippen molar-refractivity contribution in [1.82, 2.24) is 0 Å². The lowest BCUT2D eigenvalue weighted by Gasteiger charge is -2.21. The molecule has 0 aliphatic rings. The number of nitro groups is 1. The van der Waals surface area contributed by atoms with Crippen molar-refractivity contribution >= 4 is 27.2 Å². The Morgan fingerprint density at radius 2 is 2.05 bits per heavy atom. The van der Waals surface area contributed by atoms with Crippen LogP contribution in [0.4, 0.5) is 11.4 Å². The summed E-state index contributed by atoms with van der Waals surface area (Å²) in [5.41, 5.74) is -0.205. The topological polar surface area (TPSA) is 107 Å². The minimum absolute atomic E-state index is 0.146. The third-order valence-electron chi connectivity index (χ3n) is 2.84. The van der Waals surface area contributed by atoms with Gasteiger partial charge in [-0.1, -0.05) is 0 Å². The molecule has 1 aromatic carbocycles. The quantitative estimate of drug-likeness (QED) is 0.437. The number of esters is 1. The summed E-state index contributed by atoms with van der Waals surface area (Å²) >= 11 is 0. The second-order valence-corrected chi connectivity index (χ2v) is 6.29. The number of nitrogens with zero attached hydrogens (tertiary/aromatic N) is 2. The molecule has 1 aromatic rings. The Labute approximate surface area is 122 Å². The van der Waals surface area contributed by atoms with E-state index in [0.717, 1.165) is 12.3 Å². The zero-order valence-electron chi connectivity index (χ0n) is 11.9. The van der Waals surface area contributed by atoms with E-state index in [0.29, 0.717) is 6.54 Å². The van der Waals surface area contributed by atoms with Crippen molar-refractivity contribution in [3.05, 3.63) is 28.3 Å². The molecule has 0 N–H and O–H groups in total. The average Bonchev–Trinajstić information content (AvgIpc) is 2.42. The lowest BCUT2D eigenvalue weighted by molar-refractivity contribution is -0.384. The van der Waals surface area contributed by atoms with Crippen molar-refractivity contribution in [3.63, 3.8) is 0 Å². The predicted octanol–water partition coefficient (Wildman–Crippen LogP) is 0.998. The van der Waals surface area contributed by atoms with E-state index in [4.69, 9.17) is 0 Å². The maximum Gasteiger partial charge on any atom is 0.325 e. The molecule has 0 saturated heterocycles. The summed E-state index contributed by atoms with van der Waals surface area (Å²) < 4.78 is 27.5. The molecule has 9 heteroatoms. The Morgan fingerprint density at radius 3 is 2.48 bits per heavy atom. The third-order valence-corrected chi connectivity index (χ3v) is 3.95. The molecule has 0 aliphatic heterocycles. The number of likely N-dealkylation sites (N-methyl/N-ethyl adjacent to an activating group) is 1. The number of methoxy groups -OCH3 is 1. The van der Waals surface area contributed by atoms with Crippen LogP contribution in [0.25, 0.3) is 0 Å². The van der Waals surface area contributed by atoms with Crippen molar-refractivity contribution in [2.24, 2.45) is 0 Å². The molecular formula is C12H16N2O6S. The zero-order valence-corrected chi connectivity index (χ0v) is 12.7. The molecule has 0 atom stereocenters. The van der Waals surface area contributed by atoms with Crippen molar-refractivity contribution in [2.45, 2.75) is 11.8 Å². The fourth-order valence-electron chi connectivity index (χ4n) is 1.74. The molecule has 0 amide bonds. The fraction of sp³-hybridized carbons (Fsp3) is 0.417. The standard InChI is InChI=1S/C12H16N2O6S/c1-4-13(8-12(15)20-2)10-6-5-9(21(3,18)19)7-11(10)14(16)17/h5-7H,4,8H2,1-3H3. The van der Waals surface area contributed by atoms with Gasteiger partial charge in [0.05, 0.1) is 16.9 Å². The van der Waals surface area contributed by atoms with Gasteiger partial charge in [0, 0.05) is 18.9 Å². The van der Waals surface area contributed by atoms with Crippen molar-refractivity contribution in [2.75, 3.05) is 31.4 Å². The van der Waals surface area contributed by atoms with E-state index in [1.54, 1.807) is 6.92 Å². The molecule has 0 unspecified atom stereocenters. The highest BCUT2D eigenvalue weighted by molar-refractivity contribution is 7.90. The smallest absolute Gasteiger partial charge is 0.325 e. The van der Waals surface area contributed by atoms with Crippen molar-refractivity contribution in [1.29, 1.82) is 0 Å². The van der Waals surface area contributed by atoms with Crippen LogP contribution < -0.4 is 4.90 Å². The van der Waals surface area contributed by atoms with Gasteiger partial charge in [-0.2, -0.15) is 0 Å². The maximum atomic E-state index is 11.5. The normalized spacial score (nSPS) is 11.0. The number of ether oxygens (including phenoxy) is 1. The van der Waals surface area contributed by atoms with Crippen LogP contribution in [-0.4, -0.2) is 45.8 Å². The Hall–Kier alpha value is -2.16. The average molecular weight is 316 g/mol. The van der Waals surface area contributed by atoms with Crippen LogP contribution in [-0.2, 0) is 19.4 Å². The summed E-state index contributed by atoms with van der Waals surface area (Å²) in [6.45, 7) is 1.89. The van der Waals surface area contributed by atoms with E-state index < -0.39 is 20.7 Å². The van der Waals surface area contributed by atoms with Gasteiger partial charge in [0.15, 0.2) is 9.84 Å². The summed E-state index contributed by atoms with van der Waals surface area (Å²) in [5, 5.41) is 11.1. The van der Waals surface area contributed by atoms with Crippen molar-refractivity contribution in [3.8, 4) is 0 Å². The number of rotatable bonds is 6. The summed E-state index contributed by atoms with van der Waals surface area (Å²) in [5.74, 6) is -0.543. The van der Waals surface area contributed by atoms with Crippen molar-refractivity contribution < 1.29 is 22.9 Å². The Kier molecular flexibility index (Phi) is 5.25. The molecule has 21 heavy (non-hydrogen) atoms. The summed E-state index contributed by atoms with van der Waals surface area (Å²) in [4.78, 5) is 23.1. The van der Waals surface area contributed by atoms with Gasteiger partial charge < -0.3 is 9.64 Å². The molecule has 0 spiro atoms. The largest absolute Gasteiger partial charge is 0.468 e. The molecule has 1 rings (SSSR count). The highest BCUT2D eigenvalue weighted by Crippen LogP contribution is 2.30. The van der Waals surface area contributed by atoms with Gasteiger partial charge in [0.2, 0.25) is 0 Å². The van der Waals surface area contributed by atoms with E-state index in [1.807, 2.05) is 0 Å². The maximum absolute atomic E-state index is 11.5. The van der Waals surface area contributed by atoms with E-state index in [9.17, 15) is 23.3 Å². The van der Waals surface area contributed by atoms with E-state index >= 15 is 0 Å². The van der Waals surface area contributed by atoms with Crippen LogP contribution in [0.5, 0.6) is 0 Å². The summed E-state index contributed by atoms with van der Waals surface area (Å²) in [6.07, 6.45) is 0.970. The van der Waals surface area contributed by atoms with Gasteiger partial charge in [0.1, 0.15) is 12.2 Å². The molecule has 0 aromatic heterocycles. The third kappa shape index (κ3) is 4.15. The Balaban J connectivity index is 3.34. The summed E-state index contributed by atoms with van der Waals surface area (Å²) in [6, 6.07) is 3.59. The predicted molar refractivity (Wildman–Crippen MR) is 76.1 cm³/mol. The first-order valence-electron chi connectivity index (χ1n) is 6.01. The second kappa shape index (κ2) is 6.53. The Morgan fingerprint density at radius 1 is 1.43 bits per heavy atom. The lowest BCUT2D eigenvalue weighted by Crippen LogP contribution is -2.30. The SMILES string of the molecule is CCN(CC(=O)OC)c1ccc(S(C)(=O)=O)cc1[N+](=O)[O-]. The van der Waals surface area contributed by atoms with Crippen LogP contribution >= 0.6 is 0 Å². The number of hydrogen-bond acceptors (Lipinski definition) is 7. The highest BCUT2D eigenvalue weighted by atomic mass is 32.2. The molecule has 8 nitrogen and oxygen atoms in total. The molecule has 0 aliphatic carbocycles. The lowest BCUT2D eigenvalue weighted by atomic mass is 10.2. The second-order valence-electron chi connectivity index (χ2n) is 4.27. The van der Waals surface area contributed by atoms with Gasteiger partial charge in [-0.3, -0.25) is 14.9 Å². The molecule has 0 radical (unpaired) electrons. The van der Waals surface area contributed by atoms with Gasteiger partial charge in [-0.15, -0.1) is 0 Å². The monoisotopic (exact) mass is 316 g/mol. The fourth-order valence-corrected chi connectivity index (χ4v) is 2.38. The number of carbonyl (C=O) groups is 1. The highest BCUT2D eigenvalue weighted by Gasteiger charge is 2.23. The number of benzene rings is 1. The number of nitro benzene ring substituents is 1. The molecule has 0 bridgehead atoms. The number of carbonyl (C=O) groups excluding carboxylic acids is 1. The van der Waals surface area contributed by atoms with E-state index in [-0.39, 0.29) is 22.8 Å². The van der Waals surface area contributed by atoms with Gasteiger partial charge in [-0.05, 0) is 19.1 Å². The molecule has 0 saturated carbocycles. The minimum atomic E-state index is -3.55. The van der Waals surface area contributed by atoms with Crippen LogP contribution in [0, 0.1) is 10.1 Å². The van der Waals surface area contributed by atoms with E-state index in [2.05, 4.69) is 4.74 Å². The minimum Gasteiger partial charge on any atom is -0.468 e. The first-order chi connectivity index (χ1) is 9.70. The van der Waals surface area contributed by atoms with Crippen LogP contribution in [0.3, 0.4) is 0 Å². The van der Waals surface area contributed by atoms with Crippen LogP contribution in [0.2, 0.25) is 0 Å². The first-order valence-corrected chi connectivity index (χ1v) is 7.90. The number of anilines is 1. The van der Waals surface area contributed by atoms with Crippen LogP contribution in [0.1, 0.15) is 6.92 Å². The zero-order chi connectivity index (χ0) is 16.2. The van der Waals surface area contributed by atoms with Gasteiger partial charge in [-0.25, -0.2) is 8.42 Å². The molecule has 0 fully saturated rings. The van der Waals surface area contributed by atoms with Gasteiger partial charge >= 0.3 is 5.97 Å². The first kappa shape index (κ1) is 16.9. The molecule has 0 heterocycles. The summed E-state index contributed by atoms with van der Waals surface area (Å²) in [7, 11) is -2.33. The molecular weight excluding hydrogens is 300 g/mol.